The molecule has 0 saturated carbocycles. The van der Waals surface area contributed by atoms with Crippen LogP contribution in [0.15, 0.2) is 42.5 Å². The Hall–Kier alpha value is -2.11. The summed E-state index contributed by atoms with van der Waals surface area (Å²) in [7, 11) is 0. The maximum atomic E-state index is 13.2. The van der Waals surface area contributed by atoms with Crippen LogP contribution >= 0.6 is 12.4 Å². The van der Waals surface area contributed by atoms with Gasteiger partial charge >= 0.3 is 0 Å². The number of rotatable bonds is 3. The molecule has 0 aromatic heterocycles. The average Bonchev–Trinajstić information content (AvgIpc) is 2.78. The highest BCUT2D eigenvalue weighted by atomic mass is 35.5. The van der Waals surface area contributed by atoms with E-state index in [1.807, 2.05) is 59.2 Å². The van der Waals surface area contributed by atoms with Crippen LogP contribution in [-0.2, 0) is 4.79 Å². The van der Waals surface area contributed by atoms with Crippen LogP contribution in [0.2, 0.25) is 0 Å². The second-order valence-corrected chi connectivity index (χ2v) is 8.55. The van der Waals surface area contributed by atoms with Gasteiger partial charge in [0.2, 0.25) is 5.91 Å². The Morgan fingerprint density at radius 1 is 0.967 bits per heavy atom. The molecule has 2 heterocycles. The van der Waals surface area contributed by atoms with E-state index in [-0.39, 0.29) is 42.2 Å². The van der Waals surface area contributed by atoms with E-state index in [1.165, 1.54) is 0 Å². The number of fused-ring (bicyclic) bond motifs is 1. The van der Waals surface area contributed by atoms with Gasteiger partial charge in [0, 0.05) is 43.2 Å². The van der Waals surface area contributed by atoms with Gasteiger partial charge < -0.3 is 15.5 Å². The van der Waals surface area contributed by atoms with Gasteiger partial charge in [-0.25, -0.2) is 0 Å². The highest BCUT2D eigenvalue weighted by molar-refractivity contribution is 6.07. The zero-order valence-electron chi connectivity index (χ0n) is 17.6. The predicted molar refractivity (Wildman–Crippen MR) is 123 cm³/mol. The van der Waals surface area contributed by atoms with Crippen molar-refractivity contribution in [1.82, 2.24) is 9.80 Å². The van der Waals surface area contributed by atoms with E-state index < -0.39 is 0 Å². The summed E-state index contributed by atoms with van der Waals surface area (Å²) < 4.78 is 0. The van der Waals surface area contributed by atoms with Crippen molar-refractivity contribution in [2.45, 2.75) is 51.1 Å². The Kier molecular flexibility index (Phi) is 7.37. The lowest BCUT2D eigenvalue weighted by Crippen LogP contribution is -2.54. The van der Waals surface area contributed by atoms with E-state index in [2.05, 4.69) is 0 Å². The third-order valence-corrected chi connectivity index (χ3v) is 6.59. The van der Waals surface area contributed by atoms with Crippen molar-refractivity contribution in [3.8, 4) is 0 Å². The highest BCUT2D eigenvalue weighted by Crippen LogP contribution is 2.27. The zero-order valence-corrected chi connectivity index (χ0v) is 18.4. The van der Waals surface area contributed by atoms with E-state index in [0.29, 0.717) is 13.1 Å². The number of nitrogens with two attached hydrogens (primary N) is 1. The topological polar surface area (TPSA) is 66.6 Å². The lowest BCUT2D eigenvalue weighted by atomic mass is 9.90. The van der Waals surface area contributed by atoms with Crippen LogP contribution in [-0.4, -0.2) is 53.3 Å². The van der Waals surface area contributed by atoms with E-state index in [4.69, 9.17) is 5.73 Å². The number of carbonyl (C=O) groups is 2. The van der Waals surface area contributed by atoms with Crippen LogP contribution < -0.4 is 5.73 Å². The van der Waals surface area contributed by atoms with Gasteiger partial charge in [-0.1, -0.05) is 36.4 Å². The Balaban J connectivity index is 0.00000256. The lowest BCUT2D eigenvalue weighted by molar-refractivity contribution is -0.141. The monoisotopic (exact) mass is 429 g/mol. The Bertz CT molecular complexity index is 888. The van der Waals surface area contributed by atoms with Crippen molar-refractivity contribution < 1.29 is 9.59 Å². The van der Waals surface area contributed by atoms with Gasteiger partial charge in [-0.05, 0) is 55.9 Å². The normalized spacial score (nSPS) is 21.2. The van der Waals surface area contributed by atoms with Crippen LogP contribution in [0.1, 0.15) is 49.4 Å². The molecule has 2 amide bonds. The third kappa shape index (κ3) is 4.47. The van der Waals surface area contributed by atoms with Gasteiger partial charge in [0.1, 0.15) is 0 Å². The average molecular weight is 430 g/mol. The number of hydrogen-bond acceptors (Lipinski definition) is 3. The van der Waals surface area contributed by atoms with Crippen LogP contribution in [0.25, 0.3) is 10.8 Å². The van der Waals surface area contributed by atoms with Crippen LogP contribution in [0.3, 0.4) is 0 Å². The fourth-order valence-electron chi connectivity index (χ4n) is 4.92. The minimum absolute atomic E-state index is 0. The van der Waals surface area contributed by atoms with E-state index in [9.17, 15) is 9.59 Å². The standard InChI is InChI=1S/C24H31N3O2.ClH/c1-17(25)22-11-4-5-14-27(22)23(28)19-12-15-26(16-13-19)24(29)21-10-6-8-18-7-2-3-9-20(18)21;/h2-3,6-10,17,19,22H,4-5,11-16,25H2,1H3;1H. The fourth-order valence-corrected chi connectivity index (χ4v) is 4.92. The van der Waals surface area contributed by atoms with Crippen molar-refractivity contribution in [1.29, 1.82) is 0 Å². The zero-order chi connectivity index (χ0) is 20.4. The number of hydrogen-bond donors (Lipinski definition) is 1. The quantitative estimate of drug-likeness (QED) is 0.805. The summed E-state index contributed by atoms with van der Waals surface area (Å²) in [5.74, 6) is 0.314. The molecule has 4 rings (SSSR count). The Labute approximate surface area is 185 Å². The molecule has 0 bridgehead atoms. The first-order chi connectivity index (χ1) is 14.1. The number of piperidine rings is 2. The molecule has 2 unspecified atom stereocenters. The molecule has 2 atom stereocenters. The molecule has 2 saturated heterocycles. The number of benzene rings is 2. The molecule has 0 aliphatic carbocycles. The van der Waals surface area contributed by atoms with Crippen molar-refractivity contribution in [3.05, 3.63) is 48.0 Å². The smallest absolute Gasteiger partial charge is 0.254 e. The number of amides is 2. The van der Waals surface area contributed by atoms with Gasteiger partial charge in [0.05, 0.1) is 0 Å². The van der Waals surface area contributed by atoms with Crippen LogP contribution in [0, 0.1) is 5.92 Å². The molecule has 2 N–H and O–H groups in total. The molecule has 2 aromatic carbocycles. The molecule has 0 radical (unpaired) electrons. The molecule has 2 fully saturated rings. The molecule has 2 aliphatic rings. The number of likely N-dealkylation sites (tertiary alicyclic amines) is 2. The second kappa shape index (κ2) is 9.80. The summed E-state index contributed by atoms with van der Waals surface area (Å²) in [5.41, 5.74) is 6.90. The van der Waals surface area contributed by atoms with Crippen molar-refractivity contribution >= 4 is 35.0 Å². The van der Waals surface area contributed by atoms with Gasteiger partial charge in [-0.15, -0.1) is 12.4 Å². The van der Waals surface area contributed by atoms with Gasteiger partial charge in [0.15, 0.2) is 0 Å². The first-order valence-corrected chi connectivity index (χ1v) is 10.9. The van der Waals surface area contributed by atoms with E-state index >= 15 is 0 Å². The molecule has 5 nitrogen and oxygen atoms in total. The lowest BCUT2D eigenvalue weighted by Gasteiger charge is -2.41. The third-order valence-electron chi connectivity index (χ3n) is 6.59. The van der Waals surface area contributed by atoms with Crippen molar-refractivity contribution in [3.63, 3.8) is 0 Å². The molecule has 162 valence electrons. The fraction of sp³-hybridized carbons (Fsp3) is 0.500. The number of nitrogens with zero attached hydrogens (tertiary/aromatic N) is 2. The minimum Gasteiger partial charge on any atom is -0.339 e. The molecular weight excluding hydrogens is 398 g/mol. The molecular formula is C24H32ClN3O2. The molecule has 30 heavy (non-hydrogen) atoms. The van der Waals surface area contributed by atoms with Crippen LogP contribution in [0.4, 0.5) is 0 Å². The maximum absolute atomic E-state index is 13.2. The second-order valence-electron chi connectivity index (χ2n) is 8.55. The van der Waals surface area contributed by atoms with Gasteiger partial charge in [0.25, 0.3) is 5.91 Å². The summed E-state index contributed by atoms with van der Waals surface area (Å²) in [6, 6.07) is 14.0. The van der Waals surface area contributed by atoms with Crippen molar-refractivity contribution in [2.75, 3.05) is 19.6 Å². The molecule has 2 aromatic rings. The number of halogens is 1. The van der Waals surface area contributed by atoms with Crippen molar-refractivity contribution in [2.24, 2.45) is 11.7 Å². The molecule has 6 heteroatoms. The van der Waals surface area contributed by atoms with Crippen LogP contribution in [0.5, 0.6) is 0 Å². The summed E-state index contributed by atoms with van der Waals surface area (Å²) in [5, 5.41) is 2.07. The minimum atomic E-state index is 0. The first-order valence-electron chi connectivity index (χ1n) is 10.9. The molecule has 0 spiro atoms. The van der Waals surface area contributed by atoms with E-state index in [1.54, 1.807) is 0 Å². The predicted octanol–water partition coefficient (Wildman–Crippen LogP) is 3.84. The highest BCUT2D eigenvalue weighted by Gasteiger charge is 2.35. The summed E-state index contributed by atoms with van der Waals surface area (Å²) >= 11 is 0. The van der Waals surface area contributed by atoms with E-state index in [0.717, 1.165) is 55.0 Å². The SMILES string of the molecule is CC(N)C1CCCCN1C(=O)C1CCN(C(=O)c2cccc3ccccc23)CC1.Cl. The molecule has 2 aliphatic heterocycles. The summed E-state index contributed by atoms with van der Waals surface area (Å²) in [4.78, 5) is 30.2. The maximum Gasteiger partial charge on any atom is 0.254 e. The van der Waals surface area contributed by atoms with Gasteiger partial charge in [-0.3, -0.25) is 9.59 Å². The van der Waals surface area contributed by atoms with Gasteiger partial charge in [-0.2, -0.15) is 0 Å². The summed E-state index contributed by atoms with van der Waals surface area (Å²) in [6.07, 6.45) is 4.68. The Morgan fingerprint density at radius 2 is 1.67 bits per heavy atom. The Morgan fingerprint density at radius 3 is 2.40 bits per heavy atom. The first kappa shape index (κ1) is 22.6. The largest absolute Gasteiger partial charge is 0.339 e. The number of carbonyl (C=O) groups excluding carboxylic acids is 2. The summed E-state index contributed by atoms with van der Waals surface area (Å²) in [6.45, 7) is 4.09.